The molecule has 0 aliphatic carbocycles. The number of benzene rings is 1. The molecule has 1 aromatic heterocycles. The van der Waals surface area contributed by atoms with E-state index in [1.165, 1.54) is 0 Å². The van der Waals surface area contributed by atoms with Crippen LogP contribution in [0.4, 0.5) is 0 Å². The van der Waals surface area contributed by atoms with Crippen molar-refractivity contribution in [3.05, 3.63) is 64.4 Å². The Bertz CT molecular complexity index is 625. The Morgan fingerprint density at radius 1 is 1.25 bits per heavy atom. The predicted molar refractivity (Wildman–Crippen MR) is 80.2 cm³/mol. The number of aliphatic hydroxyl groups is 1. The number of nitrogens with one attached hydrogen (secondary N) is 2. The van der Waals surface area contributed by atoms with Gasteiger partial charge in [-0.25, -0.2) is 0 Å². The fraction of sp³-hybridized carbons (Fsp3) is 0.200. The first-order valence-corrected chi connectivity index (χ1v) is 6.75. The Morgan fingerprint density at radius 2 is 2.00 bits per heavy atom. The number of H-pyrrole nitrogens is 1. The third kappa shape index (κ3) is 3.53. The van der Waals surface area contributed by atoms with Gasteiger partial charge in [0.1, 0.15) is 4.64 Å². The maximum absolute atomic E-state index is 12.0. The summed E-state index contributed by atoms with van der Waals surface area (Å²) in [4.78, 5) is 14.9. The Kier molecular flexibility index (Phi) is 5.03. The van der Waals surface area contributed by atoms with Crippen molar-refractivity contribution in [2.75, 3.05) is 13.2 Å². The summed E-state index contributed by atoms with van der Waals surface area (Å²) in [5, 5.41) is 12.2. The van der Waals surface area contributed by atoms with Gasteiger partial charge in [-0.1, -0.05) is 42.5 Å². The van der Waals surface area contributed by atoms with Gasteiger partial charge in [0.25, 0.3) is 5.91 Å². The van der Waals surface area contributed by atoms with Crippen molar-refractivity contribution in [1.82, 2.24) is 10.3 Å². The first-order chi connectivity index (χ1) is 9.72. The highest BCUT2D eigenvalue weighted by atomic mass is 32.1. The van der Waals surface area contributed by atoms with Crippen LogP contribution < -0.4 is 5.32 Å². The van der Waals surface area contributed by atoms with E-state index in [-0.39, 0.29) is 18.4 Å². The Morgan fingerprint density at radius 3 is 2.65 bits per heavy atom. The summed E-state index contributed by atoms with van der Waals surface area (Å²) in [5.74, 6) is -0.359. The molecule has 104 valence electrons. The molecule has 2 rings (SSSR count). The van der Waals surface area contributed by atoms with Gasteiger partial charge < -0.3 is 15.4 Å². The molecule has 1 atom stereocenters. The smallest absolute Gasteiger partial charge is 0.254 e. The Hall–Kier alpha value is -1.98. The second kappa shape index (κ2) is 6.98. The SMILES string of the molecule is O=C(NC[C@@H](CO)c1ccccc1)c1ccc[nH]c1=S. The zero-order valence-electron chi connectivity index (χ0n) is 10.9. The van der Waals surface area contributed by atoms with Crippen LogP contribution in [0.2, 0.25) is 0 Å². The fourth-order valence-electron chi connectivity index (χ4n) is 1.92. The Balaban J connectivity index is 2.03. The van der Waals surface area contributed by atoms with Crippen molar-refractivity contribution in [2.24, 2.45) is 0 Å². The molecule has 0 saturated heterocycles. The van der Waals surface area contributed by atoms with Gasteiger partial charge in [-0.05, 0) is 17.7 Å². The molecule has 0 saturated carbocycles. The lowest BCUT2D eigenvalue weighted by Gasteiger charge is -2.15. The molecule has 3 N–H and O–H groups in total. The molecule has 0 aliphatic heterocycles. The highest BCUT2D eigenvalue weighted by molar-refractivity contribution is 7.71. The lowest BCUT2D eigenvalue weighted by atomic mass is 10.00. The summed E-state index contributed by atoms with van der Waals surface area (Å²) in [6.07, 6.45) is 1.68. The van der Waals surface area contributed by atoms with Gasteiger partial charge in [-0.2, -0.15) is 0 Å². The molecule has 0 bridgehead atoms. The number of hydrogen-bond donors (Lipinski definition) is 3. The van der Waals surface area contributed by atoms with Crippen molar-refractivity contribution in [2.45, 2.75) is 5.92 Å². The molecule has 1 aromatic carbocycles. The average Bonchev–Trinajstić information content (AvgIpc) is 2.49. The van der Waals surface area contributed by atoms with Crippen molar-refractivity contribution >= 4 is 18.1 Å². The minimum absolute atomic E-state index is 0.0219. The van der Waals surface area contributed by atoms with Crippen LogP contribution in [0, 0.1) is 4.64 Å². The molecule has 4 nitrogen and oxygen atoms in total. The van der Waals surface area contributed by atoms with Gasteiger partial charge in [0.2, 0.25) is 0 Å². The first-order valence-electron chi connectivity index (χ1n) is 6.34. The minimum Gasteiger partial charge on any atom is -0.396 e. The molecule has 2 aromatic rings. The highest BCUT2D eigenvalue weighted by Gasteiger charge is 2.13. The van der Waals surface area contributed by atoms with E-state index in [1.807, 2.05) is 30.3 Å². The third-order valence-corrected chi connectivity index (χ3v) is 3.40. The molecule has 20 heavy (non-hydrogen) atoms. The van der Waals surface area contributed by atoms with Crippen LogP contribution in [0.3, 0.4) is 0 Å². The van der Waals surface area contributed by atoms with Gasteiger partial charge >= 0.3 is 0 Å². The van der Waals surface area contributed by atoms with Crippen LogP contribution in [-0.2, 0) is 0 Å². The number of rotatable bonds is 5. The van der Waals surface area contributed by atoms with Crippen LogP contribution in [0.1, 0.15) is 21.8 Å². The predicted octanol–water partition coefficient (Wildman–Crippen LogP) is 2.25. The van der Waals surface area contributed by atoms with Crippen molar-refractivity contribution < 1.29 is 9.90 Å². The Labute approximate surface area is 122 Å². The molecule has 0 aliphatic rings. The molecular formula is C15H16N2O2S. The van der Waals surface area contributed by atoms with E-state index < -0.39 is 0 Å². The second-order valence-corrected chi connectivity index (χ2v) is 4.82. The number of carbonyl (C=O) groups is 1. The van der Waals surface area contributed by atoms with Gasteiger partial charge in [0, 0.05) is 18.7 Å². The molecule has 1 heterocycles. The molecule has 1 amide bonds. The average molecular weight is 288 g/mol. The minimum atomic E-state index is -0.235. The third-order valence-electron chi connectivity index (χ3n) is 3.06. The van der Waals surface area contributed by atoms with Crippen LogP contribution >= 0.6 is 12.2 Å². The molecule has 0 fully saturated rings. The number of amides is 1. The second-order valence-electron chi connectivity index (χ2n) is 4.41. The van der Waals surface area contributed by atoms with E-state index in [0.717, 1.165) is 5.56 Å². The quantitative estimate of drug-likeness (QED) is 0.739. The summed E-state index contributed by atoms with van der Waals surface area (Å²) in [6.45, 7) is 0.342. The lowest BCUT2D eigenvalue weighted by molar-refractivity contribution is 0.0947. The maximum atomic E-state index is 12.0. The lowest BCUT2D eigenvalue weighted by Crippen LogP contribution is -2.30. The number of pyridine rings is 1. The van der Waals surface area contributed by atoms with E-state index in [1.54, 1.807) is 18.3 Å². The summed E-state index contributed by atoms with van der Waals surface area (Å²) >= 11 is 5.06. The molecular weight excluding hydrogens is 272 g/mol. The van der Waals surface area contributed by atoms with Crippen molar-refractivity contribution in [3.63, 3.8) is 0 Å². The number of hydrogen-bond acceptors (Lipinski definition) is 3. The van der Waals surface area contributed by atoms with Crippen molar-refractivity contribution in [3.8, 4) is 0 Å². The standard InChI is InChI=1S/C15H16N2O2S/c18-10-12(11-5-2-1-3-6-11)9-17-14(19)13-7-4-8-16-15(13)20/h1-8,12,18H,9-10H2,(H,16,20)(H,17,19)/t12-/m0/s1. The summed E-state index contributed by atoms with van der Waals surface area (Å²) in [5.41, 5.74) is 1.43. The maximum Gasteiger partial charge on any atom is 0.254 e. The van der Waals surface area contributed by atoms with Gasteiger partial charge in [0.15, 0.2) is 0 Å². The number of carbonyl (C=O) groups excluding carboxylic acids is 1. The normalized spacial score (nSPS) is 11.8. The van der Waals surface area contributed by atoms with E-state index in [0.29, 0.717) is 16.7 Å². The topological polar surface area (TPSA) is 65.1 Å². The number of aromatic nitrogens is 1. The summed E-state index contributed by atoms with van der Waals surface area (Å²) in [7, 11) is 0. The zero-order chi connectivity index (χ0) is 14.4. The van der Waals surface area contributed by atoms with Crippen LogP contribution in [0.5, 0.6) is 0 Å². The largest absolute Gasteiger partial charge is 0.396 e. The molecule has 0 unspecified atom stereocenters. The molecule has 5 heteroatoms. The van der Waals surface area contributed by atoms with Crippen LogP contribution in [0.15, 0.2) is 48.7 Å². The highest BCUT2D eigenvalue weighted by Crippen LogP contribution is 2.13. The first kappa shape index (κ1) is 14.4. The van der Waals surface area contributed by atoms with Gasteiger partial charge in [-0.15, -0.1) is 0 Å². The fourth-order valence-corrected chi connectivity index (χ4v) is 2.15. The van der Waals surface area contributed by atoms with Gasteiger partial charge in [0.05, 0.1) is 12.2 Å². The van der Waals surface area contributed by atoms with E-state index in [2.05, 4.69) is 10.3 Å². The summed E-state index contributed by atoms with van der Waals surface area (Å²) < 4.78 is 0.408. The number of aliphatic hydroxyl groups excluding tert-OH is 1. The van der Waals surface area contributed by atoms with E-state index >= 15 is 0 Å². The van der Waals surface area contributed by atoms with Crippen molar-refractivity contribution in [1.29, 1.82) is 0 Å². The van der Waals surface area contributed by atoms with E-state index in [4.69, 9.17) is 12.2 Å². The summed E-state index contributed by atoms with van der Waals surface area (Å²) in [6, 6.07) is 13.0. The molecule has 0 radical (unpaired) electrons. The monoisotopic (exact) mass is 288 g/mol. The van der Waals surface area contributed by atoms with Crippen LogP contribution in [0.25, 0.3) is 0 Å². The molecule has 0 spiro atoms. The van der Waals surface area contributed by atoms with E-state index in [9.17, 15) is 9.90 Å². The van der Waals surface area contributed by atoms with Gasteiger partial charge in [-0.3, -0.25) is 4.79 Å². The zero-order valence-corrected chi connectivity index (χ0v) is 11.7. The van der Waals surface area contributed by atoms with Crippen LogP contribution in [-0.4, -0.2) is 29.1 Å². The number of aromatic amines is 1.